The van der Waals surface area contributed by atoms with Crippen molar-refractivity contribution in [2.24, 2.45) is 0 Å². The van der Waals surface area contributed by atoms with E-state index in [0.29, 0.717) is 6.42 Å². The highest BCUT2D eigenvalue weighted by molar-refractivity contribution is 5.76. The van der Waals surface area contributed by atoms with Gasteiger partial charge in [0, 0.05) is 31.2 Å². The zero-order valence-electron chi connectivity index (χ0n) is 12.9. The van der Waals surface area contributed by atoms with Crippen molar-refractivity contribution < 1.29 is 4.79 Å². The summed E-state index contributed by atoms with van der Waals surface area (Å²) in [5, 5.41) is 2.93. The molecular formula is C16H27N3O. The quantitative estimate of drug-likeness (QED) is 0.717. The van der Waals surface area contributed by atoms with Crippen molar-refractivity contribution in [3.05, 3.63) is 29.8 Å². The first-order valence-electron chi connectivity index (χ1n) is 7.37. The van der Waals surface area contributed by atoms with Crippen LogP contribution in [0.4, 0.5) is 5.69 Å². The van der Waals surface area contributed by atoms with Gasteiger partial charge in [0.15, 0.2) is 0 Å². The number of carbonyl (C=O) groups is 1. The maximum absolute atomic E-state index is 11.7. The molecular weight excluding hydrogens is 250 g/mol. The molecule has 20 heavy (non-hydrogen) atoms. The summed E-state index contributed by atoms with van der Waals surface area (Å²) in [4.78, 5) is 14.0. The summed E-state index contributed by atoms with van der Waals surface area (Å²) in [7, 11) is 0. The molecule has 1 amide bonds. The SMILES string of the molecule is CCCN(CCC(=O)NC(C)C)Cc1ccc(N)cc1. The van der Waals surface area contributed by atoms with Crippen LogP contribution in [0.5, 0.6) is 0 Å². The van der Waals surface area contributed by atoms with E-state index in [4.69, 9.17) is 5.73 Å². The number of nitrogens with one attached hydrogen (secondary N) is 1. The molecule has 0 aliphatic heterocycles. The second-order valence-electron chi connectivity index (χ2n) is 5.49. The standard InChI is InChI=1S/C16H27N3O/c1-4-10-19(11-9-16(20)18-13(2)3)12-14-5-7-15(17)8-6-14/h5-8,13H,4,9-12,17H2,1-3H3,(H,18,20). The van der Waals surface area contributed by atoms with Crippen LogP contribution in [-0.2, 0) is 11.3 Å². The Morgan fingerprint density at radius 1 is 1.25 bits per heavy atom. The smallest absolute Gasteiger partial charge is 0.221 e. The number of hydrogen-bond acceptors (Lipinski definition) is 3. The molecule has 1 aromatic rings. The third-order valence-corrected chi connectivity index (χ3v) is 3.03. The molecule has 0 heterocycles. The van der Waals surface area contributed by atoms with Gasteiger partial charge in [-0.25, -0.2) is 0 Å². The Bertz CT molecular complexity index is 401. The van der Waals surface area contributed by atoms with Gasteiger partial charge < -0.3 is 11.1 Å². The molecule has 0 aliphatic carbocycles. The van der Waals surface area contributed by atoms with Crippen molar-refractivity contribution in [1.82, 2.24) is 10.2 Å². The first kappa shape index (κ1) is 16.5. The molecule has 0 fully saturated rings. The van der Waals surface area contributed by atoms with E-state index in [1.165, 1.54) is 5.56 Å². The molecule has 0 atom stereocenters. The molecule has 0 aliphatic rings. The van der Waals surface area contributed by atoms with E-state index in [0.717, 1.165) is 31.7 Å². The lowest BCUT2D eigenvalue weighted by molar-refractivity contribution is -0.121. The molecule has 3 N–H and O–H groups in total. The van der Waals surface area contributed by atoms with Crippen LogP contribution in [0, 0.1) is 0 Å². The molecule has 0 saturated carbocycles. The topological polar surface area (TPSA) is 58.4 Å². The second kappa shape index (κ2) is 8.59. The lowest BCUT2D eigenvalue weighted by Crippen LogP contribution is -2.34. The molecule has 0 spiro atoms. The third-order valence-electron chi connectivity index (χ3n) is 3.03. The van der Waals surface area contributed by atoms with Crippen LogP contribution < -0.4 is 11.1 Å². The van der Waals surface area contributed by atoms with E-state index in [2.05, 4.69) is 17.1 Å². The molecule has 112 valence electrons. The van der Waals surface area contributed by atoms with E-state index in [-0.39, 0.29) is 11.9 Å². The summed E-state index contributed by atoms with van der Waals surface area (Å²) < 4.78 is 0. The van der Waals surface area contributed by atoms with Crippen LogP contribution in [0.2, 0.25) is 0 Å². The van der Waals surface area contributed by atoms with Gasteiger partial charge in [-0.05, 0) is 44.5 Å². The van der Waals surface area contributed by atoms with E-state index >= 15 is 0 Å². The molecule has 1 aromatic carbocycles. The number of anilines is 1. The number of nitrogens with two attached hydrogens (primary N) is 1. The predicted molar refractivity (Wildman–Crippen MR) is 84.3 cm³/mol. The van der Waals surface area contributed by atoms with E-state index < -0.39 is 0 Å². The van der Waals surface area contributed by atoms with Gasteiger partial charge in [-0.1, -0.05) is 19.1 Å². The van der Waals surface area contributed by atoms with Crippen LogP contribution in [-0.4, -0.2) is 29.9 Å². The summed E-state index contributed by atoms with van der Waals surface area (Å²) in [6.07, 6.45) is 1.63. The molecule has 4 heteroatoms. The monoisotopic (exact) mass is 277 g/mol. The average Bonchev–Trinajstić information content (AvgIpc) is 2.38. The Hall–Kier alpha value is -1.55. The van der Waals surface area contributed by atoms with Gasteiger partial charge >= 0.3 is 0 Å². The number of nitrogen functional groups attached to an aromatic ring is 1. The molecule has 0 bridgehead atoms. The first-order valence-corrected chi connectivity index (χ1v) is 7.37. The minimum Gasteiger partial charge on any atom is -0.399 e. The lowest BCUT2D eigenvalue weighted by Gasteiger charge is -2.22. The van der Waals surface area contributed by atoms with E-state index in [9.17, 15) is 4.79 Å². The van der Waals surface area contributed by atoms with Crippen molar-refractivity contribution >= 4 is 11.6 Å². The molecule has 1 rings (SSSR count). The van der Waals surface area contributed by atoms with Crippen LogP contribution in [0.25, 0.3) is 0 Å². The summed E-state index contributed by atoms with van der Waals surface area (Å²) in [5.41, 5.74) is 7.71. The maximum atomic E-state index is 11.7. The largest absolute Gasteiger partial charge is 0.399 e. The Kier molecular flexibility index (Phi) is 7.09. The molecule has 4 nitrogen and oxygen atoms in total. The lowest BCUT2D eigenvalue weighted by atomic mass is 10.2. The predicted octanol–water partition coefficient (Wildman–Crippen LogP) is 2.40. The Morgan fingerprint density at radius 3 is 2.45 bits per heavy atom. The number of rotatable bonds is 8. The van der Waals surface area contributed by atoms with Crippen LogP contribution in [0.3, 0.4) is 0 Å². The fourth-order valence-electron chi connectivity index (χ4n) is 2.12. The van der Waals surface area contributed by atoms with Crippen molar-refractivity contribution in [2.75, 3.05) is 18.8 Å². The number of hydrogen-bond donors (Lipinski definition) is 2. The number of amides is 1. The minimum absolute atomic E-state index is 0.124. The summed E-state index contributed by atoms with van der Waals surface area (Å²) in [6.45, 7) is 8.77. The van der Waals surface area contributed by atoms with E-state index in [1.807, 2.05) is 38.1 Å². The Balaban J connectivity index is 2.47. The summed E-state index contributed by atoms with van der Waals surface area (Å²) in [6, 6.07) is 8.15. The highest BCUT2D eigenvalue weighted by Gasteiger charge is 2.09. The van der Waals surface area contributed by atoms with Gasteiger partial charge in [0.25, 0.3) is 0 Å². The van der Waals surface area contributed by atoms with Crippen molar-refractivity contribution in [1.29, 1.82) is 0 Å². The van der Waals surface area contributed by atoms with Crippen LogP contribution in [0.1, 0.15) is 39.2 Å². The minimum atomic E-state index is 0.124. The van der Waals surface area contributed by atoms with Gasteiger partial charge in [0.05, 0.1) is 0 Å². The number of nitrogens with zero attached hydrogens (tertiary/aromatic N) is 1. The van der Waals surface area contributed by atoms with E-state index in [1.54, 1.807) is 0 Å². The second-order valence-corrected chi connectivity index (χ2v) is 5.49. The van der Waals surface area contributed by atoms with Crippen LogP contribution in [0.15, 0.2) is 24.3 Å². The zero-order valence-corrected chi connectivity index (χ0v) is 12.9. The Morgan fingerprint density at radius 2 is 1.90 bits per heavy atom. The van der Waals surface area contributed by atoms with Gasteiger partial charge in [-0.3, -0.25) is 9.69 Å². The van der Waals surface area contributed by atoms with Crippen molar-refractivity contribution in [3.8, 4) is 0 Å². The maximum Gasteiger partial charge on any atom is 0.221 e. The van der Waals surface area contributed by atoms with Gasteiger partial charge in [-0.2, -0.15) is 0 Å². The normalized spacial score (nSPS) is 11.1. The van der Waals surface area contributed by atoms with Gasteiger partial charge in [-0.15, -0.1) is 0 Å². The van der Waals surface area contributed by atoms with Crippen molar-refractivity contribution in [3.63, 3.8) is 0 Å². The summed E-state index contributed by atoms with van der Waals surface area (Å²) in [5.74, 6) is 0.124. The fourth-order valence-corrected chi connectivity index (χ4v) is 2.12. The molecule has 0 aromatic heterocycles. The Labute approximate surface area is 122 Å². The highest BCUT2D eigenvalue weighted by atomic mass is 16.1. The fraction of sp³-hybridized carbons (Fsp3) is 0.562. The van der Waals surface area contributed by atoms with Gasteiger partial charge in [0.2, 0.25) is 5.91 Å². The molecule has 0 saturated heterocycles. The van der Waals surface area contributed by atoms with Gasteiger partial charge in [0.1, 0.15) is 0 Å². The average molecular weight is 277 g/mol. The third kappa shape index (κ3) is 6.57. The van der Waals surface area contributed by atoms with Crippen LogP contribution >= 0.6 is 0 Å². The summed E-state index contributed by atoms with van der Waals surface area (Å²) >= 11 is 0. The number of benzene rings is 1. The number of carbonyl (C=O) groups excluding carboxylic acids is 1. The molecule has 0 unspecified atom stereocenters. The molecule has 0 radical (unpaired) electrons. The van der Waals surface area contributed by atoms with Crippen molar-refractivity contribution in [2.45, 2.75) is 46.2 Å². The first-order chi connectivity index (χ1) is 9.51. The highest BCUT2D eigenvalue weighted by Crippen LogP contribution is 2.09. The zero-order chi connectivity index (χ0) is 15.0.